The van der Waals surface area contributed by atoms with Crippen LogP contribution in [0.4, 0.5) is 0 Å². The van der Waals surface area contributed by atoms with Gasteiger partial charge in [0.1, 0.15) is 11.5 Å². The van der Waals surface area contributed by atoms with Crippen LogP contribution in [0.25, 0.3) is 0 Å². The van der Waals surface area contributed by atoms with Gasteiger partial charge in [-0.1, -0.05) is 15.9 Å². The number of fused-ring (bicyclic) bond motifs is 1. The summed E-state index contributed by atoms with van der Waals surface area (Å²) in [4.78, 5) is 11.9. The minimum absolute atomic E-state index is 0.350. The number of rotatable bonds is 4. The van der Waals surface area contributed by atoms with Crippen molar-refractivity contribution in [1.29, 1.82) is 0 Å². The molecule has 0 bridgehead atoms. The Kier molecular flexibility index (Phi) is 2.95. The van der Waals surface area contributed by atoms with Crippen LogP contribution in [0.3, 0.4) is 0 Å². The molecule has 1 heterocycles. The first-order chi connectivity index (χ1) is 8.22. The van der Waals surface area contributed by atoms with Crippen molar-refractivity contribution in [3.8, 4) is 5.75 Å². The van der Waals surface area contributed by atoms with E-state index in [1.165, 1.54) is 18.4 Å². The van der Waals surface area contributed by atoms with Crippen LogP contribution in [0.15, 0.2) is 16.6 Å². The summed E-state index contributed by atoms with van der Waals surface area (Å²) in [5.74, 6) is 1.98. The molecule has 0 saturated heterocycles. The third kappa shape index (κ3) is 2.54. The van der Waals surface area contributed by atoms with Crippen LogP contribution in [-0.4, -0.2) is 12.4 Å². The van der Waals surface area contributed by atoms with Crippen LogP contribution >= 0.6 is 15.9 Å². The Bertz CT molecular complexity index is 464. The van der Waals surface area contributed by atoms with E-state index in [9.17, 15) is 4.79 Å². The monoisotopic (exact) mass is 294 g/mol. The third-order valence-corrected chi connectivity index (χ3v) is 3.88. The highest BCUT2D eigenvalue weighted by atomic mass is 79.9. The fraction of sp³-hybridized carbons (Fsp3) is 0.500. The zero-order chi connectivity index (χ0) is 11.8. The molecule has 0 N–H and O–H groups in total. The van der Waals surface area contributed by atoms with Gasteiger partial charge in [0.25, 0.3) is 0 Å². The molecule has 1 fully saturated rings. The van der Waals surface area contributed by atoms with Crippen LogP contribution in [0.2, 0.25) is 0 Å². The van der Waals surface area contributed by atoms with Gasteiger partial charge in [-0.2, -0.15) is 0 Å². The van der Waals surface area contributed by atoms with Crippen LogP contribution in [-0.2, 0) is 17.6 Å². The zero-order valence-corrected chi connectivity index (χ0v) is 11.3. The maximum absolute atomic E-state index is 11.9. The molecule has 0 aromatic heterocycles. The van der Waals surface area contributed by atoms with Gasteiger partial charge in [-0.05, 0) is 36.5 Å². The van der Waals surface area contributed by atoms with Crippen LogP contribution in [0, 0.1) is 5.92 Å². The molecule has 1 aromatic rings. The number of ketones is 1. The molecule has 0 atom stereocenters. The Morgan fingerprint density at radius 1 is 1.41 bits per heavy atom. The Morgan fingerprint density at radius 3 is 3.00 bits per heavy atom. The van der Waals surface area contributed by atoms with Crippen molar-refractivity contribution in [2.45, 2.75) is 32.1 Å². The highest BCUT2D eigenvalue weighted by Crippen LogP contribution is 2.36. The van der Waals surface area contributed by atoms with Gasteiger partial charge < -0.3 is 4.74 Å². The molecule has 1 aliphatic carbocycles. The molecule has 1 aromatic carbocycles. The Balaban J connectivity index is 1.79. The van der Waals surface area contributed by atoms with E-state index >= 15 is 0 Å². The third-order valence-electron chi connectivity index (χ3n) is 3.43. The van der Waals surface area contributed by atoms with Crippen molar-refractivity contribution in [3.63, 3.8) is 0 Å². The summed E-state index contributed by atoms with van der Waals surface area (Å²) in [5, 5.41) is 0. The normalized spacial score (nSPS) is 17.7. The number of ether oxygens (including phenoxy) is 1. The number of benzene rings is 1. The standard InChI is InChI=1S/C14H15BrO2/c15-12-6-10-3-4-17-14(10)11(7-12)8-13(16)5-9-1-2-9/h6-7,9H,1-5,8H2. The lowest BCUT2D eigenvalue weighted by molar-refractivity contribution is -0.118. The van der Waals surface area contributed by atoms with Crippen molar-refractivity contribution < 1.29 is 9.53 Å². The maximum Gasteiger partial charge on any atom is 0.137 e. The summed E-state index contributed by atoms with van der Waals surface area (Å²) in [7, 11) is 0. The maximum atomic E-state index is 11.9. The summed E-state index contributed by atoms with van der Waals surface area (Å²) < 4.78 is 6.68. The lowest BCUT2D eigenvalue weighted by Gasteiger charge is -2.08. The van der Waals surface area contributed by atoms with Crippen LogP contribution < -0.4 is 4.74 Å². The van der Waals surface area contributed by atoms with Crippen molar-refractivity contribution >= 4 is 21.7 Å². The lowest BCUT2D eigenvalue weighted by atomic mass is 10.0. The van der Waals surface area contributed by atoms with Gasteiger partial charge in [0.2, 0.25) is 0 Å². The second-order valence-electron chi connectivity index (χ2n) is 5.01. The quantitative estimate of drug-likeness (QED) is 0.852. The largest absolute Gasteiger partial charge is 0.493 e. The molecule has 2 nitrogen and oxygen atoms in total. The molecule has 1 aliphatic heterocycles. The lowest BCUT2D eigenvalue weighted by Crippen LogP contribution is -2.05. The van der Waals surface area contributed by atoms with E-state index in [0.717, 1.165) is 35.2 Å². The molecule has 90 valence electrons. The van der Waals surface area contributed by atoms with E-state index in [1.807, 2.05) is 6.07 Å². The molecule has 0 unspecified atom stereocenters. The first-order valence-electron chi connectivity index (χ1n) is 6.18. The van der Waals surface area contributed by atoms with E-state index in [0.29, 0.717) is 18.1 Å². The SMILES string of the molecule is O=C(Cc1cc(Br)cc2c1OCC2)CC1CC1. The summed E-state index contributed by atoms with van der Waals surface area (Å²) in [6.07, 6.45) is 4.70. The molecule has 0 radical (unpaired) electrons. The predicted octanol–water partition coefficient (Wildman–Crippen LogP) is 3.30. The van der Waals surface area contributed by atoms with E-state index in [1.54, 1.807) is 0 Å². The number of halogens is 1. The predicted molar refractivity (Wildman–Crippen MR) is 69.4 cm³/mol. The van der Waals surface area contributed by atoms with Gasteiger partial charge in [0.05, 0.1) is 6.61 Å². The van der Waals surface area contributed by atoms with Crippen molar-refractivity contribution in [1.82, 2.24) is 0 Å². The molecule has 3 heteroatoms. The topological polar surface area (TPSA) is 26.3 Å². The van der Waals surface area contributed by atoms with Gasteiger partial charge in [0, 0.05) is 29.3 Å². The molecular formula is C14H15BrO2. The Morgan fingerprint density at radius 2 is 2.24 bits per heavy atom. The van der Waals surface area contributed by atoms with E-state index in [4.69, 9.17) is 4.74 Å². The fourth-order valence-corrected chi connectivity index (χ4v) is 2.96. The summed E-state index contributed by atoms with van der Waals surface area (Å²) in [5.41, 5.74) is 2.28. The number of hydrogen-bond donors (Lipinski definition) is 0. The van der Waals surface area contributed by atoms with Gasteiger partial charge >= 0.3 is 0 Å². The highest BCUT2D eigenvalue weighted by molar-refractivity contribution is 9.10. The minimum Gasteiger partial charge on any atom is -0.493 e. The molecule has 0 spiro atoms. The first-order valence-corrected chi connectivity index (χ1v) is 6.97. The van der Waals surface area contributed by atoms with Crippen molar-refractivity contribution in [2.75, 3.05) is 6.61 Å². The van der Waals surface area contributed by atoms with Crippen molar-refractivity contribution in [3.05, 3.63) is 27.7 Å². The molecule has 3 rings (SSSR count). The minimum atomic E-state index is 0.350. The second kappa shape index (κ2) is 4.45. The van der Waals surface area contributed by atoms with E-state index in [2.05, 4.69) is 22.0 Å². The average Bonchev–Trinajstić information content (AvgIpc) is 2.94. The van der Waals surface area contributed by atoms with Crippen LogP contribution in [0.1, 0.15) is 30.4 Å². The highest BCUT2D eigenvalue weighted by Gasteiger charge is 2.25. The zero-order valence-electron chi connectivity index (χ0n) is 9.67. The summed E-state index contributed by atoms with van der Waals surface area (Å²) >= 11 is 3.50. The average molecular weight is 295 g/mol. The number of hydrogen-bond acceptors (Lipinski definition) is 2. The summed E-state index contributed by atoms with van der Waals surface area (Å²) in [6, 6.07) is 4.12. The number of carbonyl (C=O) groups is 1. The molecule has 17 heavy (non-hydrogen) atoms. The number of carbonyl (C=O) groups excluding carboxylic acids is 1. The summed E-state index contributed by atoms with van der Waals surface area (Å²) in [6.45, 7) is 0.746. The molecular weight excluding hydrogens is 280 g/mol. The van der Waals surface area contributed by atoms with E-state index in [-0.39, 0.29) is 0 Å². The molecule has 0 amide bonds. The first kappa shape index (κ1) is 11.3. The molecule has 2 aliphatic rings. The van der Waals surface area contributed by atoms with Gasteiger partial charge in [0.15, 0.2) is 0 Å². The van der Waals surface area contributed by atoms with E-state index < -0.39 is 0 Å². The van der Waals surface area contributed by atoms with Gasteiger partial charge in [-0.3, -0.25) is 4.79 Å². The van der Waals surface area contributed by atoms with Gasteiger partial charge in [-0.25, -0.2) is 0 Å². The smallest absolute Gasteiger partial charge is 0.137 e. The fourth-order valence-electron chi connectivity index (χ4n) is 2.41. The van der Waals surface area contributed by atoms with Gasteiger partial charge in [-0.15, -0.1) is 0 Å². The van der Waals surface area contributed by atoms with Crippen molar-refractivity contribution in [2.24, 2.45) is 5.92 Å². The Labute approximate surface area is 109 Å². The van der Waals surface area contributed by atoms with Crippen LogP contribution in [0.5, 0.6) is 5.75 Å². The number of Topliss-reactive ketones (excluding diaryl/α,β-unsaturated/α-hetero) is 1. The Hall–Kier alpha value is -0.830. The second-order valence-corrected chi connectivity index (χ2v) is 5.93. The molecule has 1 saturated carbocycles.